The van der Waals surface area contributed by atoms with Crippen molar-refractivity contribution in [3.05, 3.63) is 48.2 Å². The molecule has 2 aromatic heterocycles. The van der Waals surface area contributed by atoms with Crippen LogP contribution in [0.2, 0.25) is 0 Å². The lowest BCUT2D eigenvalue weighted by Crippen LogP contribution is -2.42. The Morgan fingerprint density at radius 2 is 1.82 bits per heavy atom. The number of alkyl halides is 3. The highest BCUT2D eigenvalue weighted by molar-refractivity contribution is 7.90. The summed E-state index contributed by atoms with van der Waals surface area (Å²) < 4.78 is 70.1. The summed E-state index contributed by atoms with van der Waals surface area (Å²) in [5.74, 6) is -0.339. The topological polar surface area (TPSA) is 81.5 Å². The standard InChI is InChI=1S/C21H20F3N3O4S2/c1-33(29,30)15-4-2-3-14(11-15)17-5-6-18(32-17)16-12-19(21(22,23)24)25-27(16)13-20(28)26-7-9-31-10-8-26/h2-6,11-12H,7-10,13H2,1H3. The molecule has 4 rings (SSSR count). The second-order valence-corrected chi connectivity index (χ2v) is 10.6. The molecule has 1 aromatic carbocycles. The minimum atomic E-state index is -4.66. The molecule has 0 unspecified atom stereocenters. The molecule has 0 N–H and O–H groups in total. The third-order valence-electron chi connectivity index (χ3n) is 5.12. The van der Waals surface area contributed by atoms with Gasteiger partial charge in [0.05, 0.1) is 28.7 Å². The minimum absolute atomic E-state index is 0.149. The highest BCUT2D eigenvalue weighted by Crippen LogP contribution is 2.38. The Kier molecular flexibility index (Phi) is 6.34. The molecule has 1 aliphatic rings. The zero-order chi connectivity index (χ0) is 23.8. The lowest BCUT2D eigenvalue weighted by molar-refractivity contribution is -0.142. The van der Waals surface area contributed by atoms with E-state index in [1.807, 2.05) is 0 Å². The third kappa shape index (κ3) is 5.28. The summed E-state index contributed by atoms with van der Waals surface area (Å²) in [6.07, 6.45) is -3.55. The van der Waals surface area contributed by atoms with Crippen molar-refractivity contribution >= 4 is 27.1 Å². The number of nitrogens with zero attached hydrogens (tertiary/aromatic N) is 3. The first kappa shape index (κ1) is 23.5. The van der Waals surface area contributed by atoms with Gasteiger partial charge in [-0.3, -0.25) is 9.48 Å². The largest absolute Gasteiger partial charge is 0.435 e. The van der Waals surface area contributed by atoms with Crippen molar-refractivity contribution in [2.75, 3.05) is 32.6 Å². The van der Waals surface area contributed by atoms with E-state index in [1.54, 1.807) is 29.2 Å². The monoisotopic (exact) mass is 499 g/mol. The predicted molar refractivity (Wildman–Crippen MR) is 116 cm³/mol. The summed E-state index contributed by atoms with van der Waals surface area (Å²) in [5.41, 5.74) is -0.290. The number of thiophene rings is 1. The van der Waals surface area contributed by atoms with E-state index >= 15 is 0 Å². The molecular weight excluding hydrogens is 479 g/mol. The second kappa shape index (κ2) is 8.92. The highest BCUT2D eigenvalue weighted by atomic mass is 32.2. The molecule has 0 aliphatic carbocycles. The molecule has 0 bridgehead atoms. The Hall–Kier alpha value is -2.70. The second-order valence-electron chi connectivity index (χ2n) is 7.53. The van der Waals surface area contributed by atoms with Gasteiger partial charge in [-0.25, -0.2) is 8.42 Å². The van der Waals surface area contributed by atoms with Crippen molar-refractivity contribution in [1.82, 2.24) is 14.7 Å². The van der Waals surface area contributed by atoms with Gasteiger partial charge >= 0.3 is 6.18 Å². The van der Waals surface area contributed by atoms with Crippen LogP contribution in [-0.4, -0.2) is 61.6 Å². The molecule has 0 saturated carbocycles. The predicted octanol–water partition coefficient (Wildman–Crippen LogP) is 3.56. The summed E-state index contributed by atoms with van der Waals surface area (Å²) in [5, 5.41) is 3.66. The van der Waals surface area contributed by atoms with E-state index in [2.05, 4.69) is 5.10 Å². The SMILES string of the molecule is CS(=O)(=O)c1cccc(-c2ccc(-c3cc(C(F)(F)F)nn3CC(=O)N3CCOCC3)s2)c1. The van der Waals surface area contributed by atoms with Crippen molar-refractivity contribution in [2.45, 2.75) is 17.6 Å². The van der Waals surface area contributed by atoms with Gasteiger partial charge in [0.15, 0.2) is 15.5 Å². The number of hydrogen-bond acceptors (Lipinski definition) is 6. The number of benzene rings is 1. The van der Waals surface area contributed by atoms with Crippen LogP contribution < -0.4 is 0 Å². The van der Waals surface area contributed by atoms with Crippen LogP contribution >= 0.6 is 11.3 Å². The molecule has 0 atom stereocenters. The highest BCUT2D eigenvalue weighted by Gasteiger charge is 2.35. The number of rotatable bonds is 5. The molecule has 0 radical (unpaired) electrons. The van der Waals surface area contributed by atoms with Crippen LogP contribution in [-0.2, 0) is 32.1 Å². The number of aromatic nitrogens is 2. The van der Waals surface area contributed by atoms with E-state index in [1.165, 1.54) is 23.5 Å². The molecule has 33 heavy (non-hydrogen) atoms. The number of sulfone groups is 1. The van der Waals surface area contributed by atoms with E-state index in [4.69, 9.17) is 4.74 Å². The summed E-state index contributed by atoms with van der Waals surface area (Å²) in [4.78, 5) is 15.5. The Morgan fingerprint density at radius 3 is 2.48 bits per heavy atom. The van der Waals surface area contributed by atoms with Crippen LogP contribution in [0, 0.1) is 0 Å². The lowest BCUT2D eigenvalue weighted by atomic mass is 10.2. The molecular formula is C21H20F3N3O4S2. The lowest BCUT2D eigenvalue weighted by Gasteiger charge is -2.27. The van der Waals surface area contributed by atoms with E-state index in [0.717, 1.165) is 17.0 Å². The van der Waals surface area contributed by atoms with E-state index in [0.29, 0.717) is 41.6 Å². The smallest absolute Gasteiger partial charge is 0.378 e. The quantitative estimate of drug-likeness (QED) is 0.536. The fraction of sp³-hybridized carbons (Fsp3) is 0.333. The molecule has 3 heterocycles. The van der Waals surface area contributed by atoms with Crippen LogP contribution in [0.3, 0.4) is 0 Å². The normalized spacial score (nSPS) is 15.1. The number of amides is 1. The number of hydrogen-bond donors (Lipinski definition) is 0. The molecule has 12 heteroatoms. The van der Waals surface area contributed by atoms with Crippen LogP contribution in [0.15, 0.2) is 47.4 Å². The summed E-state index contributed by atoms with van der Waals surface area (Å²) in [7, 11) is -3.41. The Bertz CT molecular complexity index is 1280. The number of ether oxygens (including phenoxy) is 1. The van der Waals surface area contributed by atoms with E-state index in [9.17, 15) is 26.4 Å². The van der Waals surface area contributed by atoms with Gasteiger partial charge in [-0.1, -0.05) is 12.1 Å². The molecule has 7 nitrogen and oxygen atoms in total. The maximum absolute atomic E-state index is 13.4. The van der Waals surface area contributed by atoms with Crippen molar-refractivity contribution in [2.24, 2.45) is 0 Å². The van der Waals surface area contributed by atoms with E-state index < -0.39 is 21.7 Å². The maximum Gasteiger partial charge on any atom is 0.435 e. The van der Waals surface area contributed by atoms with Crippen LogP contribution in [0.5, 0.6) is 0 Å². The van der Waals surface area contributed by atoms with Crippen LogP contribution in [0.25, 0.3) is 21.0 Å². The van der Waals surface area contributed by atoms with Gasteiger partial charge < -0.3 is 9.64 Å². The number of halogens is 3. The molecule has 3 aromatic rings. The van der Waals surface area contributed by atoms with Crippen molar-refractivity contribution < 1.29 is 31.1 Å². The molecule has 1 fully saturated rings. The van der Waals surface area contributed by atoms with Gasteiger partial charge in [-0.05, 0) is 35.9 Å². The van der Waals surface area contributed by atoms with Gasteiger partial charge in [0.1, 0.15) is 6.54 Å². The zero-order valence-electron chi connectivity index (χ0n) is 17.5. The molecule has 1 aliphatic heterocycles. The zero-order valence-corrected chi connectivity index (χ0v) is 19.1. The number of carbonyl (C=O) groups excluding carboxylic acids is 1. The third-order valence-corrected chi connectivity index (χ3v) is 7.39. The van der Waals surface area contributed by atoms with Gasteiger partial charge in [-0.15, -0.1) is 11.3 Å². The van der Waals surface area contributed by atoms with Crippen LogP contribution in [0.1, 0.15) is 5.69 Å². The van der Waals surface area contributed by atoms with Crippen molar-refractivity contribution in [3.63, 3.8) is 0 Å². The number of morpholine rings is 1. The first-order valence-corrected chi connectivity index (χ1v) is 12.6. The first-order chi connectivity index (χ1) is 15.5. The first-order valence-electron chi connectivity index (χ1n) is 9.93. The average molecular weight is 500 g/mol. The fourth-order valence-electron chi connectivity index (χ4n) is 3.43. The van der Waals surface area contributed by atoms with E-state index in [-0.39, 0.29) is 23.0 Å². The van der Waals surface area contributed by atoms with Crippen molar-refractivity contribution in [1.29, 1.82) is 0 Å². The van der Waals surface area contributed by atoms with Gasteiger partial charge in [0.25, 0.3) is 0 Å². The summed E-state index contributed by atoms with van der Waals surface area (Å²) >= 11 is 1.19. The van der Waals surface area contributed by atoms with Gasteiger partial charge in [0, 0.05) is 24.2 Å². The molecule has 1 saturated heterocycles. The molecule has 1 amide bonds. The van der Waals surface area contributed by atoms with Crippen molar-refractivity contribution in [3.8, 4) is 21.0 Å². The summed E-state index contributed by atoms with van der Waals surface area (Å²) in [6, 6.07) is 10.6. The van der Waals surface area contributed by atoms with Gasteiger partial charge in [-0.2, -0.15) is 18.3 Å². The fourth-order valence-corrected chi connectivity index (χ4v) is 5.12. The molecule has 0 spiro atoms. The Labute approximate surface area is 192 Å². The van der Waals surface area contributed by atoms with Gasteiger partial charge in [0.2, 0.25) is 5.91 Å². The molecule has 176 valence electrons. The minimum Gasteiger partial charge on any atom is -0.378 e. The summed E-state index contributed by atoms with van der Waals surface area (Å²) in [6.45, 7) is 1.18. The average Bonchev–Trinajstić information content (AvgIpc) is 3.41. The van der Waals surface area contributed by atoms with Crippen LogP contribution in [0.4, 0.5) is 13.2 Å². The Balaban J connectivity index is 1.68. The maximum atomic E-state index is 13.4. The number of carbonyl (C=O) groups is 1. The Morgan fingerprint density at radius 1 is 1.12 bits per heavy atom.